The van der Waals surface area contributed by atoms with E-state index in [2.05, 4.69) is 72.9 Å². The van der Waals surface area contributed by atoms with E-state index >= 15 is 0 Å². The number of benzene rings is 4. The zero-order valence-electron chi connectivity index (χ0n) is 20.2. The molecule has 0 saturated carbocycles. The smallest absolute Gasteiger partial charge is 0.282 e. The molecule has 0 fully saturated rings. The number of fused-ring (bicyclic) bond motifs is 2. The Balaban J connectivity index is 1.46. The van der Waals surface area contributed by atoms with Crippen molar-refractivity contribution in [2.45, 2.75) is 20.5 Å². The van der Waals surface area contributed by atoms with Gasteiger partial charge in [-0.15, -0.1) is 0 Å². The van der Waals surface area contributed by atoms with Gasteiger partial charge in [-0.05, 0) is 88.7 Å². The van der Waals surface area contributed by atoms with Crippen LogP contribution in [-0.4, -0.2) is 22.5 Å². The van der Waals surface area contributed by atoms with E-state index in [-0.39, 0.29) is 5.56 Å². The summed E-state index contributed by atoms with van der Waals surface area (Å²) in [5.41, 5.74) is 2.30. The minimum absolute atomic E-state index is 0.227. The van der Waals surface area contributed by atoms with Gasteiger partial charge in [0.05, 0.1) is 27.3 Å². The van der Waals surface area contributed by atoms with Gasteiger partial charge in [0, 0.05) is 4.47 Å². The quantitative estimate of drug-likeness (QED) is 0.137. The van der Waals surface area contributed by atoms with Crippen LogP contribution in [0.4, 0.5) is 0 Å². The van der Waals surface area contributed by atoms with E-state index in [1.165, 1.54) is 15.4 Å². The lowest BCUT2D eigenvalue weighted by atomic mass is 10.1. The van der Waals surface area contributed by atoms with E-state index in [1.54, 1.807) is 19.2 Å². The van der Waals surface area contributed by atoms with Gasteiger partial charge in [-0.25, -0.2) is 4.98 Å². The van der Waals surface area contributed by atoms with Crippen molar-refractivity contribution >= 4 is 66.4 Å². The molecular formula is C29H23BrIN3O3. The molecule has 0 radical (unpaired) electrons. The summed E-state index contributed by atoms with van der Waals surface area (Å²) in [6.45, 7) is 4.60. The van der Waals surface area contributed by atoms with E-state index in [0.717, 1.165) is 19.2 Å². The van der Waals surface area contributed by atoms with Crippen LogP contribution in [0.25, 0.3) is 21.7 Å². The Morgan fingerprint density at radius 1 is 1.03 bits per heavy atom. The van der Waals surface area contributed by atoms with Crippen LogP contribution < -0.4 is 15.0 Å². The van der Waals surface area contributed by atoms with E-state index in [0.29, 0.717) is 41.4 Å². The van der Waals surface area contributed by atoms with Crippen molar-refractivity contribution in [3.05, 3.63) is 108 Å². The maximum absolute atomic E-state index is 13.1. The Labute approximate surface area is 236 Å². The SMILES string of the molecule is CCOc1cc(C=Nn2c(C)nc3ccc(Br)cc3c2=O)cc(I)c1OCc1cccc2ccccc12. The van der Waals surface area contributed by atoms with Crippen LogP contribution in [0.15, 0.2) is 87.2 Å². The number of hydrogen-bond donors (Lipinski definition) is 0. The highest BCUT2D eigenvalue weighted by atomic mass is 127. The number of nitrogens with zero attached hydrogens (tertiary/aromatic N) is 3. The Hall–Kier alpha value is -3.24. The molecular weight excluding hydrogens is 645 g/mol. The summed E-state index contributed by atoms with van der Waals surface area (Å²) in [4.78, 5) is 17.6. The van der Waals surface area contributed by atoms with Gasteiger partial charge in [0.2, 0.25) is 0 Å². The van der Waals surface area contributed by atoms with E-state index in [1.807, 2.05) is 49.4 Å². The normalized spacial score (nSPS) is 11.5. The highest BCUT2D eigenvalue weighted by Crippen LogP contribution is 2.35. The van der Waals surface area contributed by atoms with Crippen LogP contribution in [0.2, 0.25) is 0 Å². The summed E-state index contributed by atoms with van der Waals surface area (Å²) in [6.07, 6.45) is 1.64. The van der Waals surface area contributed by atoms with Gasteiger partial charge in [0.1, 0.15) is 12.4 Å². The van der Waals surface area contributed by atoms with Crippen LogP contribution in [-0.2, 0) is 6.61 Å². The molecule has 186 valence electrons. The molecule has 0 aliphatic carbocycles. The Morgan fingerprint density at radius 3 is 2.68 bits per heavy atom. The summed E-state index contributed by atoms with van der Waals surface area (Å²) >= 11 is 5.66. The predicted octanol–water partition coefficient (Wildman–Crippen LogP) is 7.09. The molecule has 0 aliphatic rings. The topological polar surface area (TPSA) is 65.7 Å². The van der Waals surface area contributed by atoms with Crippen LogP contribution in [0.5, 0.6) is 11.5 Å². The average Bonchev–Trinajstić information content (AvgIpc) is 2.89. The van der Waals surface area contributed by atoms with E-state index < -0.39 is 0 Å². The number of ether oxygens (including phenoxy) is 2. The summed E-state index contributed by atoms with van der Waals surface area (Å²) in [5.74, 6) is 1.81. The lowest BCUT2D eigenvalue weighted by Gasteiger charge is -2.15. The summed E-state index contributed by atoms with van der Waals surface area (Å²) in [6, 6.07) is 23.7. The van der Waals surface area contributed by atoms with Crippen molar-refractivity contribution in [3.8, 4) is 11.5 Å². The molecule has 0 atom stereocenters. The summed E-state index contributed by atoms with van der Waals surface area (Å²) < 4.78 is 15.2. The first kappa shape index (κ1) is 25.4. The minimum atomic E-state index is -0.227. The molecule has 6 nitrogen and oxygen atoms in total. The molecule has 0 amide bonds. The maximum atomic E-state index is 13.1. The van der Waals surface area contributed by atoms with Crippen molar-refractivity contribution in [1.29, 1.82) is 0 Å². The first-order valence-electron chi connectivity index (χ1n) is 11.7. The van der Waals surface area contributed by atoms with Gasteiger partial charge >= 0.3 is 0 Å². The number of hydrogen-bond acceptors (Lipinski definition) is 5. The molecule has 0 N–H and O–H groups in total. The second-order valence-corrected chi connectivity index (χ2v) is 10.4. The average molecular weight is 668 g/mol. The van der Waals surface area contributed by atoms with Crippen molar-refractivity contribution < 1.29 is 9.47 Å². The third-order valence-electron chi connectivity index (χ3n) is 5.88. The molecule has 1 aromatic heterocycles. The fourth-order valence-electron chi connectivity index (χ4n) is 4.15. The maximum Gasteiger partial charge on any atom is 0.282 e. The molecule has 0 saturated heterocycles. The van der Waals surface area contributed by atoms with Crippen molar-refractivity contribution in [2.75, 3.05) is 6.61 Å². The third kappa shape index (κ3) is 5.40. The lowest BCUT2D eigenvalue weighted by molar-refractivity contribution is 0.268. The zero-order chi connectivity index (χ0) is 25.9. The monoisotopic (exact) mass is 667 g/mol. The van der Waals surface area contributed by atoms with Gasteiger partial charge < -0.3 is 9.47 Å². The number of rotatable bonds is 7. The Kier molecular flexibility index (Phi) is 7.57. The second-order valence-electron chi connectivity index (χ2n) is 8.37. The third-order valence-corrected chi connectivity index (χ3v) is 7.17. The predicted molar refractivity (Wildman–Crippen MR) is 160 cm³/mol. The van der Waals surface area contributed by atoms with Crippen LogP contribution in [0.3, 0.4) is 0 Å². The molecule has 0 unspecified atom stereocenters. The summed E-state index contributed by atoms with van der Waals surface area (Å²) in [7, 11) is 0. The van der Waals surface area contributed by atoms with Crippen molar-refractivity contribution in [1.82, 2.24) is 9.66 Å². The van der Waals surface area contributed by atoms with Gasteiger partial charge in [-0.1, -0.05) is 58.4 Å². The van der Waals surface area contributed by atoms with Crippen LogP contribution >= 0.6 is 38.5 Å². The standard InChI is InChI=1S/C29H23BrIN3O3/c1-3-36-27-14-19(16-32-34-18(2)33-26-12-11-22(30)15-24(26)29(34)35)13-25(31)28(27)37-17-21-9-6-8-20-7-4-5-10-23(20)21/h4-16H,3,17H2,1-2H3. The van der Waals surface area contributed by atoms with Gasteiger partial charge in [-0.2, -0.15) is 9.78 Å². The van der Waals surface area contributed by atoms with Crippen molar-refractivity contribution in [3.63, 3.8) is 0 Å². The second kappa shape index (κ2) is 11.0. The zero-order valence-corrected chi connectivity index (χ0v) is 24.0. The molecule has 0 spiro atoms. The molecule has 5 aromatic rings. The molecule has 1 heterocycles. The molecule has 0 bridgehead atoms. The Morgan fingerprint density at radius 2 is 1.84 bits per heavy atom. The first-order chi connectivity index (χ1) is 17.9. The molecule has 8 heteroatoms. The van der Waals surface area contributed by atoms with Crippen LogP contribution in [0.1, 0.15) is 23.9 Å². The molecule has 0 aliphatic heterocycles. The van der Waals surface area contributed by atoms with Gasteiger partial charge in [0.25, 0.3) is 5.56 Å². The molecule has 37 heavy (non-hydrogen) atoms. The minimum Gasteiger partial charge on any atom is -0.490 e. The lowest BCUT2D eigenvalue weighted by Crippen LogP contribution is -2.20. The Bertz CT molecular complexity index is 1710. The van der Waals surface area contributed by atoms with Crippen LogP contribution in [0, 0.1) is 10.5 Å². The molecule has 4 aromatic carbocycles. The highest BCUT2D eigenvalue weighted by molar-refractivity contribution is 14.1. The fourth-order valence-corrected chi connectivity index (χ4v) is 5.30. The fraction of sp³-hybridized carbons (Fsp3) is 0.138. The first-order valence-corrected chi connectivity index (χ1v) is 13.6. The van der Waals surface area contributed by atoms with Gasteiger partial charge in [0.15, 0.2) is 11.5 Å². The number of aryl methyl sites for hydroxylation is 1. The van der Waals surface area contributed by atoms with Gasteiger partial charge in [-0.3, -0.25) is 4.79 Å². The largest absolute Gasteiger partial charge is 0.490 e. The van der Waals surface area contributed by atoms with E-state index in [4.69, 9.17) is 9.47 Å². The molecule has 5 rings (SSSR count). The van der Waals surface area contributed by atoms with E-state index in [9.17, 15) is 4.79 Å². The highest BCUT2D eigenvalue weighted by Gasteiger charge is 2.14. The summed E-state index contributed by atoms with van der Waals surface area (Å²) in [5, 5.41) is 7.30. The number of aromatic nitrogens is 2. The van der Waals surface area contributed by atoms with Crippen molar-refractivity contribution in [2.24, 2.45) is 5.10 Å². The number of halogens is 2.